The Labute approximate surface area is 190 Å². The molecule has 3 N–H and O–H groups in total. The minimum atomic E-state index is -0.432. The summed E-state index contributed by atoms with van der Waals surface area (Å²) in [5.74, 6) is -0.263. The van der Waals surface area contributed by atoms with Crippen molar-refractivity contribution in [3.05, 3.63) is 50.7 Å². The fraction of sp³-hybridized carbons (Fsp3) is 0.421. The van der Waals surface area contributed by atoms with Gasteiger partial charge >= 0.3 is 5.97 Å². The lowest BCUT2D eigenvalue weighted by Crippen LogP contribution is -2.38. The molecule has 1 heterocycles. The Bertz CT molecular complexity index is 860. The van der Waals surface area contributed by atoms with Gasteiger partial charge in [0.25, 0.3) is 0 Å². The van der Waals surface area contributed by atoms with E-state index in [0.29, 0.717) is 29.7 Å². The van der Waals surface area contributed by atoms with E-state index in [9.17, 15) is 14.3 Å². The summed E-state index contributed by atoms with van der Waals surface area (Å²) >= 11 is 1.29. The first-order valence-electron chi connectivity index (χ1n) is 8.89. The largest absolute Gasteiger partial charge is 0.462 e. The van der Waals surface area contributed by atoms with Gasteiger partial charge in [-0.15, -0.1) is 35.3 Å². The number of guanidine groups is 1. The number of aromatic nitrogens is 1. The molecule has 1 aromatic carbocycles. The van der Waals surface area contributed by atoms with Crippen molar-refractivity contribution >= 4 is 47.2 Å². The lowest BCUT2D eigenvalue weighted by molar-refractivity contribution is 0.0531. The van der Waals surface area contributed by atoms with E-state index in [1.54, 1.807) is 33.0 Å². The zero-order chi connectivity index (χ0) is 20.7. The number of aliphatic hydroxyl groups is 1. The number of rotatable bonds is 7. The van der Waals surface area contributed by atoms with Crippen LogP contribution in [0.15, 0.2) is 23.2 Å². The summed E-state index contributed by atoms with van der Waals surface area (Å²) in [6, 6.07) is 4.40. The van der Waals surface area contributed by atoms with Gasteiger partial charge in [-0.2, -0.15) is 0 Å². The fourth-order valence-electron chi connectivity index (χ4n) is 2.49. The Kier molecular flexibility index (Phi) is 10.5. The summed E-state index contributed by atoms with van der Waals surface area (Å²) in [4.78, 5) is 21.1. The Morgan fingerprint density at radius 2 is 2.17 bits per heavy atom. The van der Waals surface area contributed by atoms with Gasteiger partial charge in [0, 0.05) is 19.2 Å². The van der Waals surface area contributed by atoms with Crippen LogP contribution in [0.3, 0.4) is 0 Å². The third-order valence-corrected chi connectivity index (χ3v) is 5.28. The first kappa shape index (κ1) is 25.2. The van der Waals surface area contributed by atoms with E-state index in [0.717, 1.165) is 10.6 Å². The third-order valence-electron chi connectivity index (χ3n) is 3.96. The lowest BCUT2D eigenvalue weighted by Gasteiger charge is -2.16. The van der Waals surface area contributed by atoms with Gasteiger partial charge in [0.2, 0.25) is 0 Å². The van der Waals surface area contributed by atoms with E-state index in [2.05, 4.69) is 20.6 Å². The molecule has 0 fully saturated rings. The zero-order valence-corrected chi connectivity index (χ0v) is 19.9. The molecular weight excluding hydrogens is 510 g/mol. The number of halogens is 2. The van der Waals surface area contributed by atoms with Crippen molar-refractivity contribution in [1.29, 1.82) is 0 Å². The molecule has 2 rings (SSSR count). The summed E-state index contributed by atoms with van der Waals surface area (Å²) in [6.07, 6.45) is 0. The topological polar surface area (TPSA) is 95.8 Å². The molecule has 0 bridgehead atoms. The third kappa shape index (κ3) is 6.89. The maximum Gasteiger partial charge on any atom is 0.350 e. The van der Waals surface area contributed by atoms with E-state index < -0.39 is 5.82 Å². The number of carbonyl (C=O) groups is 1. The number of carbonyl (C=O) groups excluding carboxylic acids is 1. The van der Waals surface area contributed by atoms with E-state index in [-0.39, 0.29) is 48.2 Å². The standard InChI is InChI=1S/C19H25FN4O3S.HI/c1-5-27-18(26)16-11(2)23-17(28-16)12(3)24-19(21-4)22-9-13-6-7-15(20)14(8-13)10-25;/h6-8,12,25H,5,9-10H2,1-4H3,(H2,21,22,24);1H. The van der Waals surface area contributed by atoms with Gasteiger partial charge in [-0.1, -0.05) is 6.07 Å². The summed E-state index contributed by atoms with van der Waals surface area (Å²) < 4.78 is 18.5. The van der Waals surface area contributed by atoms with Gasteiger partial charge in [0.1, 0.15) is 15.7 Å². The van der Waals surface area contributed by atoms with Crippen LogP contribution < -0.4 is 10.6 Å². The number of thiazole rings is 1. The molecule has 1 atom stereocenters. The van der Waals surface area contributed by atoms with Crippen molar-refractivity contribution in [3.63, 3.8) is 0 Å². The number of aliphatic imine (C=N–C) groups is 1. The fourth-order valence-corrected chi connectivity index (χ4v) is 3.46. The number of ether oxygens (including phenoxy) is 1. The van der Waals surface area contributed by atoms with Gasteiger partial charge in [0.15, 0.2) is 5.96 Å². The lowest BCUT2D eigenvalue weighted by atomic mass is 10.1. The number of benzene rings is 1. The van der Waals surface area contributed by atoms with Crippen LogP contribution in [0.25, 0.3) is 0 Å². The van der Waals surface area contributed by atoms with E-state index >= 15 is 0 Å². The highest BCUT2D eigenvalue weighted by Crippen LogP contribution is 2.24. The van der Waals surface area contributed by atoms with Crippen molar-refractivity contribution < 1.29 is 19.0 Å². The molecule has 0 spiro atoms. The Balaban J connectivity index is 0.00000420. The Morgan fingerprint density at radius 3 is 2.79 bits per heavy atom. The van der Waals surface area contributed by atoms with Crippen LogP contribution in [0.4, 0.5) is 4.39 Å². The summed E-state index contributed by atoms with van der Waals surface area (Å²) in [6.45, 7) is 5.83. The second-order valence-corrected chi connectivity index (χ2v) is 7.09. The van der Waals surface area contributed by atoms with E-state index in [4.69, 9.17) is 4.74 Å². The number of aliphatic hydroxyl groups excluding tert-OH is 1. The molecule has 0 radical (unpaired) electrons. The summed E-state index contributed by atoms with van der Waals surface area (Å²) in [5.41, 5.74) is 1.70. The molecule has 160 valence electrons. The predicted molar refractivity (Wildman–Crippen MR) is 122 cm³/mol. The zero-order valence-electron chi connectivity index (χ0n) is 16.8. The highest BCUT2D eigenvalue weighted by molar-refractivity contribution is 14.0. The van der Waals surface area contributed by atoms with Gasteiger partial charge in [-0.05, 0) is 38.5 Å². The van der Waals surface area contributed by atoms with Gasteiger partial charge in [-0.25, -0.2) is 14.2 Å². The maximum atomic E-state index is 13.5. The number of hydrogen-bond acceptors (Lipinski definition) is 6. The van der Waals surface area contributed by atoms with Crippen LogP contribution in [-0.4, -0.2) is 35.7 Å². The molecule has 0 aliphatic rings. The van der Waals surface area contributed by atoms with Crippen LogP contribution >= 0.6 is 35.3 Å². The monoisotopic (exact) mass is 536 g/mol. The van der Waals surface area contributed by atoms with Crippen LogP contribution in [-0.2, 0) is 17.9 Å². The van der Waals surface area contributed by atoms with Crippen molar-refractivity contribution in [2.24, 2.45) is 4.99 Å². The first-order chi connectivity index (χ1) is 13.4. The van der Waals surface area contributed by atoms with Crippen LogP contribution in [0.2, 0.25) is 0 Å². The van der Waals surface area contributed by atoms with Crippen molar-refractivity contribution in [2.45, 2.75) is 40.0 Å². The summed E-state index contributed by atoms with van der Waals surface area (Å²) in [5, 5.41) is 16.3. The highest BCUT2D eigenvalue weighted by Gasteiger charge is 2.20. The maximum absolute atomic E-state index is 13.5. The number of nitrogens with zero attached hydrogens (tertiary/aromatic N) is 2. The summed E-state index contributed by atoms with van der Waals surface area (Å²) in [7, 11) is 1.64. The molecule has 29 heavy (non-hydrogen) atoms. The van der Waals surface area contributed by atoms with Gasteiger partial charge in [-0.3, -0.25) is 4.99 Å². The molecule has 0 saturated heterocycles. The number of nitrogens with one attached hydrogen (secondary N) is 2. The molecule has 1 aromatic heterocycles. The van der Waals surface area contributed by atoms with E-state index in [1.165, 1.54) is 17.4 Å². The molecule has 0 saturated carbocycles. The second-order valence-electron chi connectivity index (χ2n) is 6.06. The highest BCUT2D eigenvalue weighted by atomic mass is 127. The van der Waals surface area contributed by atoms with Gasteiger partial charge < -0.3 is 20.5 Å². The smallest absolute Gasteiger partial charge is 0.350 e. The molecule has 0 aliphatic carbocycles. The Morgan fingerprint density at radius 1 is 1.45 bits per heavy atom. The Hall–Kier alpha value is -1.79. The predicted octanol–water partition coefficient (Wildman–Crippen LogP) is 3.30. The average Bonchev–Trinajstić information content (AvgIpc) is 3.08. The van der Waals surface area contributed by atoms with E-state index in [1.807, 2.05) is 6.92 Å². The number of esters is 1. The minimum absolute atomic E-state index is 0. The second kappa shape index (κ2) is 12.0. The normalized spacial score (nSPS) is 12.1. The minimum Gasteiger partial charge on any atom is -0.462 e. The molecule has 0 aliphatic heterocycles. The molecular formula is C19H26FIN4O3S. The number of hydrogen-bond donors (Lipinski definition) is 3. The SMILES string of the molecule is CCOC(=O)c1sc(C(C)NC(=NC)NCc2ccc(F)c(CO)c2)nc1C.I. The van der Waals surface area contributed by atoms with Crippen LogP contribution in [0.5, 0.6) is 0 Å². The average molecular weight is 536 g/mol. The molecule has 7 nitrogen and oxygen atoms in total. The quantitative estimate of drug-likeness (QED) is 0.218. The molecule has 10 heteroatoms. The van der Waals surface area contributed by atoms with Crippen LogP contribution in [0, 0.1) is 12.7 Å². The number of aryl methyl sites for hydroxylation is 1. The first-order valence-corrected chi connectivity index (χ1v) is 9.71. The van der Waals surface area contributed by atoms with Crippen LogP contribution in [0.1, 0.15) is 51.4 Å². The van der Waals surface area contributed by atoms with Crippen molar-refractivity contribution in [2.75, 3.05) is 13.7 Å². The molecule has 0 amide bonds. The molecule has 2 aromatic rings. The van der Waals surface area contributed by atoms with Gasteiger partial charge in [0.05, 0.1) is 24.9 Å². The molecule has 1 unspecified atom stereocenters. The van der Waals surface area contributed by atoms with Crippen molar-refractivity contribution in [1.82, 2.24) is 15.6 Å². The van der Waals surface area contributed by atoms with Crippen molar-refractivity contribution in [3.8, 4) is 0 Å².